The number of piperidine rings is 1. The second kappa shape index (κ2) is 10.5. The predicted octanol–water partition coefficient (Wildman–Crippen LogP) is 4.01. The molecule has 0 bridgehead atoms. The van der Waals surface area contributed by atoms with Crippen molar-refractivity contribution in [2.24, 2.45) is 0 Å². The van der Waals surface area contributed by atoms with Gasteiger partial charge in [-0.05, 0) is 80.8 Å². The van der Waals surface area contributed by atoms with Crippen LogP contribution in [0.1, 0.15) is 40.7 Å². The van der Waals surface area contributed by atoms with Crippen LogP contribution in [-0.4, -0.2) is 51.7 Å². The third-order valence-corrected chi connectivity index (χ3v) is 7.75. The molecule has 168 valence electrons. The van der Waals surface area contributed by atoms with Crippen molar-refractivity contribution in [1.29, 1.82) is 0 Å². The first-order valence-corrected chi connectivity index (χ1v) is 13.2. The highest BCUT2D eigenvalue weighted by Gasteiger charge is 2.23. The summed E-state index contributed by atoms with van der Waals surface area (Å²) in [5, 5.41) is 0. The number of carbonyl (C=O) groups is 1. The second-order valence-corrected chi connectivity index (χ2v) is 10.3. The molecule has 31 heavy (non-hydrogen) atoms. The van der Waals surface area contributed by atoms with E-state index in [-0.39, 0.29) is 24.0 Å². The van der Waals surface area contributed by atoms with E-state index in [9.17, 15) is 13.2 Å². The molecule has 0 atom stereocenters. The Hall–Kier alpha value is -2.03. The van der Waals surface area contributed by atoms with E-state index < -0.39 is 10.0 Å². The average Bonchev–Trinajstić information content (AvgIpc) is 2.78. The summed E-state index contributed by atoms with van der Waals surface area (Å²) in [7, 11) is -3.75. The minimum absolute atomic E-state index is 0.0943. The van der Waals surface area contributed by atoms with Crippen LogP contribution in [0.4, 0.5) is 0 Å². The first-order chi connectivity index (χ1) is 14.8. The van der Waals surface area contributed by atoms with Crippen molar-refractivity contribution in [2.45, 2.75) is 42.9 Å². The van der Waals surface area contributed by atoms with Crippen LogP contribution in [0.15, 0.2) is 46.2 Å². The van der Waals surface area contributed by atoms with Crippen molar-refractivity contribution >= 4 is 27.7 Å². The van der Waals surface area contributed by atoms with E-state index in [0.29, 0.717) is 11.3 Å². The van der Waals surface area contributed by atoms with Crippen LogP contribution < -0.4 is 9.46 Å². The minimum Gasteiger partial charge on any atom is -0.492 e. The van der Waals surface area contributed by atoms with Crippen molar-refractivity contribution in [1.82, 2.24) is 9.62 Å². The lowest BCUT2D eigenvalue weighted by Gasteiger charge is -2.27. The Morgan fingerprint density at radius 2 is 1.81 bits per heavy atom. The molecule has 8 heteroatoms. The maximum absolute atomic E-state index is 13.0. The van der Waals surface area contributed by atoms with Crippen LogP contribution in [0.3, 0.4) is 0 Å². The van der Waals surface area contributed by atoms with Gasteiger partial charge >= 0.3 is 0 Å². The number of rotatable bonds is 8. The van der Waals surface area contributed by atoms with Crippen LogP contribution >= 0.6 is 11.8 Å². The largest absolute Gasteiger partial charge is 0.492 e. The molecule has 0 radical (unpaired) electrons. The number of nitrogens with one attached hydrogen (secondary N) is 1. The molecule has 2 aromatic rings. The number of carbonyl (C=O) groups excluding carboxylic acids is 1. The maximum Gasteiger partial charge on any atom is 0.255 e. The van der Waals surface area contributed by atoms with Gasteiger partial charge in [0, 0.05) is 24.5 Å². The standard InChI is InChI=1S/C23H30N2O4S2/c1-17-7-8-19(15-18(17)2)29-14-11-24-31(27,28)20-9-10-22(30-3)21(16-20)23(26)25-12-5-4-6-13-25/h7-10,15-16,24H,4-6,11-14H2,1-3H3. The summed E-state index contributed by atoms with van der Waals surface area (Å²) in [6.07, 6.45) is 4.99. The smallest absolute Gasteiger partial charge is 0.255 e. The molecule has 3 rings (SSSR count). The zero-order chi connectivity index (χ0) is 22.4. The average molecular weight is 463 g/mol. The van der Waals surface area contributed by atoms with E-state index in [1.165, 1.54) is 23.4 Å². The first kappa shape index (κ1) is 23.6. The molecule has 1 fully saturated rings. The topological polar surface area (TPSA) is 75.7 Å². The lowest BCUT2D eigenvalue weighted by Crippen LogP contribution is -2.36. The molecular formula is C23H30N2O4S2. The van der Waals surface area contributed by atoms with Crippen molar-refractivity contribution in [3.05, 3.63) is 53.1 Å². The molecule has 1 aliphatic heterocycles. The number of aryl methyl sites for hydroxylation is 2. The van der Waals surface area contributed by atoms with Crippen molar-refractivity contribution in [3.8, 4) is 5.75 Å². The zero-order valence-electron chi connectivity index (χ0n) is 18.3. The minimum atomic E-state index is -3.75. The monoisotopic (exact) mass is 462 g/mol. The Morgan fingerprint density at radius 3 is 2.48 bits per heavy atom. The highest BCUT2D eigenvalue weighted by Crippen LogP contribution is 2.26. The van der Waals surface area contributed by atoms with Gasteiger partial charge in [0.15, 0.2) is 0 Å². The molecular weight excluding hydrogens is 432 g/mol. The summed E-state index contributed by atoms with van der Waals surface area (Å²) in [5.41, 5.74) is 2.75. The molecule has 1 saturated heterocycles. The Balaban J connectivity index is 1.67. The van der Waals surface area contributed by atoms with Gasteiger partial charge in [-0.3, -0.25) is 4.79 Å². The normalized spacial score (nSPS) is 14.5. The molecule has 1 amide bonds. The molecule has 0 unspecified atom stereocenters. The Morgan fingerprint density at radius 1 is 1.06 bits per heavy atom. The van der Waals surface area contributed by atoms with E-state index in [1.54, 1.807) is 12.1 Å². The van der Waals surface area contributed by atoms with Gasteiger partial charge in [-0.25, -0.2) is 13.1 Å². The van der Waals surface area contributed by atoms with Gasteiger partial charge in [0.2, 0.25) is 10.0 Å². The third-order valence-electron chi connectivity index (χ3n) is 5.50. The lowest BCUT2D eigenvalue weighted by atomic mass is 10.1. The number of likely N-dealkylation sites (tertiary alicyclic amines) is 1. The van der Waals surface area contributed by atoms with Crippen molar-refractivity contribution < 1.29 is 17.9 Å². The second-order valence-electron chi connectivity index (χ2n) is 7.71. The molecule has 1 N–H and O–H groups in total. The fourth-order valence-corrected chi connectivity index (χ4v) is 5.13. The first-order valence-electron chi connectivity index (χ1n) is 10.5. The molecule has 2 aromatic carbocycles. The fourth-order valence-electron chi connectivity index (χ4n) is 3.52. The number of hydrogen-bond donors (Lipinski definition) is 1. The number of thioether (sulfide) groups is 1. The number of hydrogen-bond acceptors (Lipinski definition) is 5. The van der Waals surface area contributed by atoms with Crippen LogP contribution in [0, 0.1) is 13.8 Å². The van der Waals surface area contributed by atoms with E-state index in [0.717, 1.165) is 42.8 Å². The van der Waals surface area contributed by atoms with Crippen LogP contribution in [0.25, 0.3) is 0 Å². The van der Waals surface area contributed by atoms with Gasteiger partial charge in [0.05, 0.1) is 10.5 Å². The van der Waals surface area contributed by atoms with E-state index in [1.807, 2.05) is 43.2 Å². The number of nitrogens with zero attached hydrogens (tertiary/aromatic N) is 1. The van der Waals surface area contributed by atoms with Gasteiger partial charge in [-0.15, -0.1) is 11.8 Å². The SMILES string of the molecule is CSc1ccc(S(=O)(=O)NCCOc2ccc(C)c(C)c2)cc1C(=O)N1CCCCC1. The van der Waals surface area contributed by atoms with Gasteiger partial charge in [0.25, 0.3) is 5.91 Å². The molecule has 0 spiro atoms. The molecule has 0 saturated carbocycles. The van der Waals surface area contributed by atoms with E-state index in [4.69, 9.17) is 4.74 Å². The Bertz CT molecular complexity index is 1030. The number of ether oxygens (including phenoxy) is 1. The van der Waals surface area contributed by atoms with E-state index in [2.05, 4.69) is 4.72 Å². The summed E-state index contributed by atoms with van der Waals surface area (Å²) >= 11 is 1.45. The Labute approximate surface area is 189 Å². The van der Waals surface area contributed by atoms with Crippen molar-refractivity contribution in [2.75, 3.05) is 32.5 Å². The fraction of sp³-hybridized carbons (Fsp3) is 0.435. The van der Waals surface area contributed by atoms with Gasteiger partial charge in [0.1, 0.15) is 12.4 Å². The Kier molecular flexibility index (Phi) is 8.02. The number of amides is 1. The highest BCUT2D eigenvalue weighted by molar-refractivity contribution is 7.98. The van der Waals surface area contributed by atoms with E-state index >= 15 is 0 Å². The summed E-state index contributed by atoms with van der Waals surface area (Å²) in [4.78, 5) is 15.7. The molecule has 1 aliphatic rings. The van der Waals surface area contributed by atoms with Crippen molar-refractivity contribution in [3.63, 3.8) is 0 Å². The van der Waals surface area contributed by atoms with Gasteiger partial charge < -0.3 is 9.64 Å². The van der Waals surface area contributed by atoms with Crippen LogP contribution in [0.5, 0.6) is 5.75 Å². The summed E-state index contributed by atoms with van der Waals surface area (Å²) < 4.78 is 33.8. The predicted molar refractivity (Wildman–Crippen MR) is 125 cm³/mol. The summed E-state index contributed by atoms with van der Waals surface area (Å²) in [6.45, 7) is 5.82. The highest BCUT2D eigenvalue weighted by atomic mass is 32.2. The number of sulfonamides is 1. The zero-order valence-corrected chi connectivity index (χ0v) is 19.9. The van der Waals surface area contributed by atoms with Gasteiger partial charge in [-0.2, -0.15) is 0 Å². The van der Waals surface area contributed by atoms with Gasteiger partial charge in [-0.1, -0.05) is 6.07 Å². The van der Waals surface area contributed by atoms with Crippen LogP contribution in [-0.2, 0) is 10.0 Å². The summed E-state index contributed by atoms with van der Waals surface area (Å²) in [6, 6.07) is 10.5. The molecule has 0 aromatic heterocycles. The molecule has 0 aliphatic carbocycles. The van der Waals surface area contributed by atoms with Crippen LogP contribution in [0.2, 0.25) is 0 Å². The third kappa shape index (κ3) is 6.02. The maximum atomic E-state index is 13.0. The number of benzene rings is 2. The summed E-state index contributed by atoms with van der Waals surface area (Å²) in [5.74, 6) is 0.611. The lowest BCUT2D eigenvalue weighted by molar-refractivity contribution is 0.0720. The quantitative estimate of drug-likeness (QED) is 0.474. The molecule has 6 nitrogen and oxygen atoms in total. The molecule has 1 heterocycles.